The van der Waals surface area contributed by atoms with E-state index in [0.29, 0.717) is 74.7 Å². The van der Waals surface area contributed by atoms with Crippen LogP contribution in [0, 0.1) is 23.6 Å². The Labute approximate surface area is 456 Å². The molecule has 0 spiro atoms. The highest BCUT2D eigenvalue weighted by Gasteiger charge is 2.46. The number of anilines is 2. The molecule has 0 unspecified atom stereocenters. The van der Waals surface area contributed by atoms with Crippen LogP contribution in [0.2, 0.25) is 5.02 Å². The number of benzene rings is 2. The third kappa shape index (κ3) is 14.6. The van der Waals surface area contributed by atoms with E-state index in [1.165, 1.54) is 17.4 Å². The van der Waals surface area contributed by atoms with Crippen molar-refractivity contribution in [3.63, 3.8) is 0 Å². The molecule has 1 aliphatic heterocycles. The Hall–Kier alpha value is -6.35. The minimum Gasteiger partial charge on any atom is -0.487 e. The van der Waals surface area contributed by atoms with Gasteiger partial charge in [0.05, 0.1) is 50.5 Å². The van der Waals surface area contributed by atoms with Crippen LogP contribution in [0.1, 0.15) is 102 Å². The van der Waals surface area contributed by atoms with Crippen LogP contribution in [0.5, 0.6) is 5.75 Å². The Bertz CT molecular complexity index is 2920. The maximum Gasteiger partial charge on any atom is 0.246 e. The molecule has 0 bridgehead atoms. The number of rotatable bonds is 22. The molecule has 4 N–H and O–H groups in total. The average Bonchev–Trinajstić information content (AvgIpc) is 4.24. The van der Waals surface area contributed by atoms with Crippen molar-refractivity contribution >= 4 is 68.9 Å². The molecule has 17 nitrogen and oxygen atoms in total. The average molecular weight is 1100 g/mol. The zero-order chi connectivity index (χ0) is 54.0. The van der Waals surface area contributed by atoms with Gasteiger partial charge in [0.15, 0.2) is 16.7 Å². The second-order valence-corrected chi connectivity index (χ2v) is 23.1. The molecule has 404 valence electrons. The van der Waals surface area contributed by atoms with Gasteiger partial charge in [0, 0.05) is 75.3 Å². The lowest BCUT2D eigenvalue weighted by Gasteiger charge is -2.39. The Kier molecular flexibility index (Phi) is 18.5. The van der Waals surface area contributed by atoms with E-state index in [4.69, 9.17) is 26.1 Å². The summed E-state index contributed by atoms with van der Waals surface area (Å²) >= 11 is 9.07. The summed E-state index contributed by atoms with van der Waals surface area (Å²) in [5.74, 6) is -0.931. The van der Waals surface area contributed by atoms with Crippen molar-refractivity contribution in [2.75, 3.05) is 18.4 Å². The fourth-order valence-corrected chi connectivity index (χ4v) is 11.3. The molecule has 6 aromatic rings. The van der Waals surface area contributed by atoms with Crippen molar-refractivity contribution in [1.82, 2.24) is 50.8 Å². The molecule has 1 saturated carbocycles. The minimum atomic E-state index is -0.921. The van der Waals surface area contributed by atoms with Crippen LogP contribution in [-0.2, 0) is 49.8 Å². The molecule has 4 amide bonds. The number of aryl methyl sites for hydroxylation is 3. The summed E-state index contributed by atoms with van der Waals surface area (Å²) in [6.07, 6.45) is 6.42. The molecule has 2 fully saturated rings. The standard InChI is InChI=1S/C55H67ClFN11O6S2/c1-34(2)73-41-28-43(50(70)60-30-36-14-16-37(17-15-36)48-35(3)61-33-76-48)68(32-41)51(71)49(54(4,5)6)64-46(69)19-18-39-31-67(66-65-39)26-9-24-58-52(72)55(29-38-10-7-13-45(62-38)63-53-59-25-27-75-53)22-20-40(21-23-55)74-44-12-8-11-42(56)47(44)57/h7-8,10-17,25,27,31,33-34,40-41,43,49H,9,18-24,26,28-30,32H2,1-6H3,(H,58,72)(H,60,70)(H,64,69)(H,59,62,63)/t40?,41-,43+,49-,55?/m1/s1. The maximum atomic E-state index is 14.8. The van der Waals surface area contributed by atoms with Crippen LogP contribution in [-0.4, -0.2) is 102 Å². The highest BCUT2D eigenvalue weighted by atomic mass is 35.5. The first-order valence-electron chi connectivity index (χ1n) is 25.9. The topological polar surface area (TPSA) is 207 Å². The van der Waals surface area contributed by atoms with Gasteiger partial charge in [0.25, 0.3) is 0 Å². The van der Waals surface area contributed by atoms with Crippen LogP contribution >= 0.6 is 34.3 Å². The van der Waals surface area contributed by atoms with Crippen molar-refractivity contribution in [2.24, 2.45) is 10.8 Å². The molecule has 1 aliphatic carbocycles. The quantitative estimate of drug-likeness (QED) is 0.0470. The number of ether oxygens (including phenoxy) is 2. The number of thiazole rings is 2. The van der Waals surface area contributed by atoms with Crippen LogP contribution in [0.3, 0.4) is 0 Å². The van der Waals surface area contributed by atoms with E-state index in [-0.39, 0.29) is 78.6 Å². The first-order valence-corrected chi connectivity index (χ1v) is 28.0. The third-order valence-corrected chi connectivity index (χ3v) is 15.7. The summed E-state index contributed by atoms with van der Waals surface area (Å²) < 4.78 is 28.7. The summed E-state index contributed by atoms with van der Waals surface area (Å²) in [5.41, 5.74) is 4.66. The normalized spacial score (nSPS) is 19.1. The Morgan fingerprint density at radius 3 is 2.45 bits per heavy atom. The molecule has 1 saturated heterocycles. The molecular weight excluding hydrogens is 1030 g/mol. The van der Waals surface area contributed by atoms with Crippen molar-refractivity contribution in [2.45, 2.75) is 143 Å². The van der Waals surface area contributed by atoms with Crippen molar-refractivity contribution in [3.05, 3.63) is 117 Å². The zero-order valence-electron chi connectivity index (χ0n) is 43.8. The summed E-state index contributed by atoms with van der Waals surface area (Å²) in [7, 11) is 0. The Balaban J connectivity index is 0.832. The SMILES string of the molecule is Cc1ncsc1-c1ccc(CNC(=O)[C@@H]2C[C@@H](OC(C)C)CN2C(=O)[C@@H](NC(=O)CCc2cn(CCCNC(=O)C3(Cc4cccc(Nc5nccs5)n4)CCC(Oc4cccc(Cl)c4F)CC3)nn2)C(C)(C)C)cc1. The van der Waals surface area contributed by atoms with Crippen molar-refractivity contribution in [1.29, 1.82) is 0 Å². The molecule has 2 aromatic carbocycles. The summed E-state index contributed by atoms with van der Waals surface area (Å²) in [6, 6.07) is 16.7. The first kappa shape index (κ1) is 55.9. The van der Waals surface area contributed by atoms with Crippen LogP contribution in [0.4, 0.5) is 15.3 Å². The lowest BCUT2D eigenvalue weighted by Crippen LogP contribution is -2.57. The number of carbonyl (C=O) groups excluding carboxylic acids is 4. The second kappa shape index (κ2) is 25.2. The molecule has 0 radical (unpaired) electrons. The molecular formula is C55H67ClFN11O6S2. The molecule has 4 aromatic heterocycles. The van der Waals surface area contributed by atoms with E-state index < -0.39 is 28.7 Å². The molecule has 76 heavy (non-hydrogen) atoms. The van der Waals surface area contributed by atoms with Gasteiger partial charge in [0.1, 0.15) is 17.9 Å². The number of carbonyl (C=O) groups is 4. The van der Waals surface area contributed by atoms with Crippen LogP contribution in [0.25, 0.3) is 10.4 Å². The van der Waals surface area contributed by atoms with E-state index in [9.17, 15) is 23.6 Å². The zero-order valence-corrected chi connectivity index (χ0v) is 46.2. The van der Waals surface area contributed by atoms with E-state index >= 15 is 0 Å². The van der Waals surface area contributed by atoms with Gasteiger partial charge in [-0.1, -0.05) is 74.0 Å². The number of amides is 4. The summed E-state index contributed by atoms with van der Waals surface area (Å²) in [5, 5.41) is 23.6. The van der Waals surface area contributed by atoms with Gasteiger partial charge in [-0.05, 0) is 93.7 Å². The number of nitrogens with one attached hydrogen (secondary N) is 4. The largest absolute Gasteiger partial charge is 0.487 e. The fourth-order valence-electron chi connectivity index (χ4n) is 9.80. The minimum absolute atomic E-state index is 0.00976. The summed E-state index contributed by atoms with van der Waals surface area (Å²) in [6.45, 7) is 12.8. The molecule has 5 heterocycles. The van der Waals surface area contributed by atoms with Crippen LogP contribution in [0.15, 0.2) is 83.9 Å². The first-order chi connectivity index (χ1) is 36.4. The number of nitrogens with zero attached hydrogens (tertiary/aromatic N) is 7. The number of aromatic nitrogens is 6. The monoisotopic (exact) mass is 1100 g/mol. The molecule has 8 rings (SSSR count). The smallest absolute Gasteiger partial charge is 0.246 e. The van der Waals surface area contributed by atoms with Gasteiger partial charge < -0.3 is 35.6 Å². The third-order valence-electron chi connectivity index (χ3n) is 13.8. The van der Waals surface area contributed by atoms with Crippen molar-refractivity contribution in [3.8, 4) is 16.2 Å². The second-order valence-electron chi connectivity index (χ2n) is 21.0. The van der Waals surface area contributed by atoms with Crippen molar-refractivity contribution < 1.29 is 33.0 Å². The number of likely N-dealkylation sites (tertiary alicyclic amines) is 1. The van der Waals surface area contributed by atoms with E-state index in [2.05, 4.69) is 41.5 Å². The fraction of sp³-hybridized carbons (Fsp3) is 0.473. The van der Waals surface area contributed by atoms with Gasteiger partial charge in [-0.15, -0.1) is 27.8 Å². The van der Waals surface area contributed by atoms with E-state index in [1.807, 2.05) is 94.9 Å². The molecule has 2 aliphatic rings. The van der Waals surface area contributed by atoms with Gasteiger partial charge in [-0.2, -0.15) is 0 Å². The predicted molar refractivity (Wildman–Crippen MR) is 292 cm³/mol. The van der Waals surface area contributed by atoms with Gasteiger partial charge in [-0.3, -0.25) is 23.9 Å². The van der Waals surface area contributed by atoms with Gasteiger partial charge in [-0.25, -0.2) is 19.3 Å². The highest BCUT2D eigenvalue weighted by molar-refractivity contribution is 7.13. The molecule has 3 atom stereocenters. The number of halogens is 2. The number of hydrogen-bond donors (Lipinski definition) is 4. The van der Waals surface area contributed by atoms with Gasteiger partial charge in [0.2, 0.25) is 23.6 Å². The Morgan fingerprint density at radius 1 is 0.961 bits per heavy atom. The lowest BCUT2D eigenvalue weighted by atomic mass is 9.69. The predicted octanol–water partition coefficient (Wildman–Crippen LogP) is 9.03. The maximum absolute atomic E-state index is 14.8. The number of hydrogen-bond acceptors (Lipinski definition) is 14. The Morgan fingerprint density at radius 2 is 1.74 bits per heavy atom. The van der Waals surface area contributed by atoms with Crippen LogP contribution < -0.4 is 26.0 Å². The highest BCUT2D eigenvalue weighted by Crippen LogP contribution is 2.42. The van der Waals surface area contributed by atoms with E-state index in [1.54, 1.807) is 45.4 Å². The van der Waals surface area contributed by atoms with E-state index in [0.717, 1.165) is 27.4 Å². The van der Waals surface area contributed by atoms with Gasteiger partial charge >= 0.3 is 0 Å². The summed E-state index contributed by atoms with van der Waals surface area (Å²) in [4.78, 5) is 72.4. The lowest BCUT2D eigenvalue weighted by molar-refractivity contribution is -0.144. The molecule has 21 heteroatoms. The number of pyridine rings is 1.